The zero-order valence-electron chi connectivity index (χ0n) is 13.2. The minimum absolute atomic E-state index is 0.192. The fourth-order valence-corrected chi connectivity index (χ4v) is 3.19. The number of benzene rings is 2. The fourth-order valence-electron chi connectivity index (χ4n) is 2.08. The molecular weight excluding hydrogens is 329 g/mol. The van der Waals surface area contributed by atoms with Gasteiger partial charge in [-0.25, -0.2) is 12.8 Å². The summed E-state index contributed by atoms with van der Waals surface area (Å²) in [5.41, 5.74) is 2.28. The molecule has 2 rings (SSSR count). The highest BCUT2D eigenvalue weighted by Gasteiger charge is 2.14. The number of hydrogen-bond donors (Lipinski definition) is 2. The molecule has 2 N–H and O–H groups in total. The van der Waals surface area contributed by atoms with Crippen LogP contribution >= 0.6 is 0 Å². The molecule has 0 unspecified atom stereocenters. The number of sulfone groups is 1. The summed E-state index contributed by atoms with van der Waals surface area (Å²) >= 11 is 0. The molecular formula is C18H18FNO3S. The van der Waals surface area contributed by atoms with Gasteiger partial charge in [-0.3, -0.25) is 0 Å². The van der Waals surface area contributed by atoms with Crippen LogP contribution < -0.4 is 5.32 Å². The van der Waals surface area contributed by atoms with Gasteiger partial charge in [0.15, 0.2) is 9.84 Å². The molecule has 24 heavy (non-hydrogen) atoms. The Balaban J connectivity index is 2.03. The van der Waals surface area contributed by atoms with Gasteiger partial charge in [-0.15, -0.1) is 0 Å². The van der Waals surface area contributed by atoms with Crippen LogP contribution in [0.15, 0.2) is 47.4 Å². The van der Waals surface area contributed by atoms with Gasteiger partial charge in [0.05, 0.1) is 23.8 Å². The van der Waals surface area contributed by atoms with Crippen molar-refractivity contribution >= 4 is 15.5 Å². The maximum atomic E-state index is 12.8. The minimum atomic E-state index is -3.45. The fraction of sp³-hybridized carbons (Fsp3) is 0.222. The molecule has 126 valence electrons. The van der Waals surface area contributed by atoms with Gasteiger partial charge in [0, 0.05) is 11.3 Å². The van der Waals surface area contributed by atoms with Crippen LogP contribution in [-0.4, -0.2) is 32.4 Å². The standard InChI is InChI=1S/C18H18FNO3S/c1-14-13-17(24(22,23)12-11-21)8-9-18(14)20-10-2-3-15-4-6-16(19)7-5-15/h4-9,13,20-21H,10-12H2,1H3. The first kappa shape index (κ1) is 18.0. The summed E-state index contributed by atoms with van der Waals surface area (Å²) in [7, 11) is -3.45. The van der Waals surface area contributed by atoms with Crippen molar-refractivity contribution in [3.8, 4) is 11.8 Å². The second kappa shape index (κ2) is 7.95. The van der Waals surface area contributed by atoms with Crippen molar-refractivity contribution in [1.29, 1.82) is 0 Å². The number of anilines is 1. The van der Waals surface area contributed by atoms with Crippen LogP contribution in [0.25, 0.3) is 0 Å². The molecule has 0 fully saturated rings. The molecule has 0 aliphatic carbocycles. The number of halogens is 1. The topological polar surface area (TPSA) is 66.4 Å². The van der Waals surface area contributed by atoms with Crippen LogP contribution in [0.4, 0.5) is 10.1 Å². The normalized spacial score (nSPS) is 10.8. The SMILES string of the molecule is Cc1cc(S(=O)(=O)CCO)ccc1NCC#Cc1ccc(F)cc1. The summed E-state index contributed by atoms with van der Waals surface area (Å²) in [6.45, 7) is 1.77. The van der Waals surface area contributed by atoms with E-state index in [9.17, 15) is 12.8 Å². The van der Waals surface area contributed by atoms with Gasteiger partial charge in [-0.05, 0) is 55.0 Å². The number of aryl methyl sites for hydroxylation is 1. The molecule has 0 atom stereocenters. The Morgan fingerprint density at radius 1 is 1.17 bits per heavy atom. The lowest BCUT2D eigenvalue weighted by atomic mass is 10.2. The molecule has 0 amide bonds. The molecule has 0 aliphatic heterocycles. The van der Waals surface area contributed by atoms with Crippen molar-refractivity contribution < 1.29 is 17.9 Å². The van der Waals surface area contributed by atoms with E-state index in [0.29, 0.717) is 6.54 Å². The molecule has 0 aromatic heterocycles. The lowest BCUT2D eigenvalue weighted by molar-refractivity contribution is 0.319. The van der Waals surface area contributed by atoms with Gasteiger partial charge in [0.25, 0.3) is 0 Å². The smallest absolute Gasteiger partial charge is 0.180 e. The van der Waals surface area contributed by atoms with Crippen molar-refractivity contribution in [2.75, 3.05) is 24.2 Å². The van der Waals surface area contributed by atoms with Gasteiger partial charge in [-0.2, -0.15) is 0 Å². The monoisotopic (exact) mass is 347 g/mol. The molecule has 0 spiro atoms. The molecule has 6 heteroatoms. The molecule has 0 radical (unpaired) electrons. The predicted octanol–water partition coefficient (Wildman–Crippen LogP) is 2.36. The summed E-state index contributed by atoms with van der Waals surface area (Å²) in [4.78, 5) is 0.192. The number of rotatable bonds is 5. The van der Waals surface area contributed by atoms with E-state index in [1.165, 1.54) is 18.2 Å². The summed E-state index contributed by atoms with van der Waals surface area (Å²) in [5, 5.41) is 11.9. The van der Waals surface area contributed by atoms with Gasteiger partial charge in [0.1, 0.15) is 5.82 Å². The molecule has 0 aliphatic rings. The second-order valence-corrected chi connectivity index (χ2v) is 7.29. The van der Waals surface area contributed by atoms with Crippen LogP contribution in [0, 0.1) is 24.6 Å². The third-order valence-electron chi connectivity index (χ3n) is 3.36. The molecule has 0 saturated carbocycles. The molecule has 2 aromatic carbocycles. The third-order valence-corrected chi connectivity index (χ3v) is 5.05. The summed E-state index contributed by atoms with van der Waals surface area (Å²) in [6.07, 6.45) is 0. The number of hydrogen-bond acceptors (Lipinski definition) is 4. The highest BCUT2D eigenvalue weighted by molar-refractivity contribution is 7.91. The lowest BCUT2D eigenvalue weighted by Gasteiger charge is -2.09. The highest BCUT2D eigenvalue weighted by Crippen LogP contribution is 2.20. The van der Waals surface area contributed by atoms with Crippen molar-refractivity contribution in [3.05, 3.63) is 59.4 Å². The van der Waals surface area contributed by atoms with Crippen LogP contribution in [0.1, 0.15) is 11.1 Å². The van der Waals surface area contributed by atoms with E-state index in [-0.39, 0.29) is 16.5 Å². The van der Waals surface area contributed by atoms with Gasteiger partial charge >= 0.3 is 0 Å². The van der Waals surface area contributed by atoms with Gasteiger partial charge < -0.3 is 10.4 Å². The van der Waals surface area contributed by atoms with Gasteiger partial charge in [-0.1, -0.05) is 11.8 Å². The Kier molecular flexibility index (Phi) is 5.96. The number of aliphatic hydroxyl groups excluding tert-OH is 1. The Hall–Kier alpha value is -2.36. The van der Waals surface area contributed by atoms with Crippen LogP contribution in [0.2, 0.25) is 0 Å². The Morgan fingerprint density at radius 3 is 2.50 bits per heavy atom. The Labute approximate surface area is 141 Å². The highest BCUT2D eigenvalue weighted by atomic mass is 32.2. The van der Waals surface area contributed by atoms with Crippen molar-refractivity contribution in [2.24, 2.45) is 0 Å². The molecule has 4 nitrogen and oxygen atoms in total. The van der Waals surface area contributed by atoms with E-state index in [0.717, 1.165) is 16.8 Å². The molecule has 0 heterocycles. The van der Waals surface area contributed by atoms with E-state index in [4.69, 9.17) is 5.11 Å². The average Bonchev–Trinajstić information content (AvgIpc) is 2.54. The summed E-state index contributed by atoms with van der Waals surface area (Å²) in [5.74, 6) is 5.25. The zero-order valence-corrected chi connectivity index (χ0v) is 14.0. The maximum Gasteiger partial charge on any atom is 0.180 e. The van der Waals surface area contributed by atoms with Crippen molar-refractivity contribution in [2.45, 2.75) is 11.8 Å². The molecule has 0 saturated heterocycles. The predicted molar refractivity (Wildman–Crippen MR) is 92.1 cm³/mol. The quantitative estimate of drug-likeness (QED) is 0.815. The van der Waals surface area contributed by atoms with Crippen LogP contribution in [0.3, 0.4) is 0 Å². The molecule has 2 aromatic rings. The summed E-state index contributed by atoms with van der Waals surface area (Å²) < 4.78 is 36.6. The van der Waals surface area contributed by atoms with E-state index in [1.807, 2.05) is 0 Å². The number of nitrogens with one attached hydrogen (secondary N) is 1. The zero-order chi connectivity index (χ0) is 17.6. The first-order chi connectivity index (χ1) is 11.4. The second-order valence-electron chi connectivity index (χ2n) is 5.18. The van der Waals surface area contributed by atoms with Crippen LogP contribution in [-0.2, 0) is 9.84 Å². The maximum absolute atomic E-state index is 12.8. The first-order valence-electron chi connectivity index (χ1n) is 7.35. The summed E-state index contributed by atoms with van der Waals surface area (Å²) in [6, 6.07) is 10.7. The van der Waals surface area contributed by atoms with Crippen LogP contribution in [0.5, 0.6) is 0 Å². The van der Waals surface area contributed by atoms with E-state index < -0.39 is 16.4 Å². The van der Waals surface area contributed by atoms with E-state index >= 15 is 0 Å². The number of aliphatic hydroxyl groups is 1. The largest absolute Gasteiger partial charge is 0.395 e. The van der Waals surface area contributed by atoms with E-state index in [2.05, 4.69) is 17.2 Å². The minimum Gasteiger partial charge on any atom is -0.395 e. The lowest BCUT2D eigenvalue weighted by Crippen LogP contribution is -2.10. The van der Waals surface area contributed by atoms with Gasteiger partial charge in [0.2, 0.25) is 0 Å². The van der Waals surface area contributed by atoms with E-state index in [1.54, 1.807) is 31.2 Å². The van der Waals surface area contributed by atoms with Crippen molar-refractivity contribution in [3.63, 3.8) is 0 Å². The van der Waals surface area contributed by atoms with Crippen molar-refractivity contribution in [1.82, 2.24) is 0 Å². The average molecular weight is 347 g/mol. The Morgan fingerprint density at radius 2 is 1.88 bits per heavy atom. The first-order valence-corrected chi connectivity index (χ1v) is 9.00. The third kappa shape index (κ3) is 4.82. The molecule has 0 bridgehead atoms. The Bertz CT molecular complexity index is 865.